The van der Waals surface area contributed by atoms with Crippen molar-refractivity contribution in [2.45, 2.75) is 64.4 Å². The Kier molecular flexibility index (Phi) is 8.09. The van der Waals surface area contributed by atoms with E-state index in [0.29, 0.717) is 16.9 Å². The van der Waals surface area contributed by atoms with Gasteiger partial charge in [0.15, 0.2) is 11.5 Å². The van der Waals surface area contributed by atoms with Crippen molar-refractivity contribution in [2.75, 3.05) is 7.11 Å². The Morgan fingerprint density at radius 3 is 2.65 bits per heavy atom. The van der Waals surface area contributed by atoms with Crippen molar-refractivity contribution in [1.82, 2.24) is 9.66 Å². The molecule has 6 nitrogen and oxygen atoms in total. The lowest BCUT2D eigenvalue weighted by Gasteiger charge is -2.22. The van der Waals surface area contributed by atoms with E-state index in [2.05, 4.69) is 43.9 Å². The second-order valence-electron chi connectivity index (χ2n) is 8.65. The van der Waals surface area contributed by atoms with E-state index in [1.165, 1.54) is 11.1 Å². The maximum Gasteiger partial charge on any atom is 0.282 e. The predicted molar refractivity (Wildman–Crippen MR) is 144 cm³/mol. The number of hydrogen-bond donors (Lipinski definition) is 0. The van der Waals surface area contributed by atoms with Crippen LogP contribution in [-0.2, 0) is 0 Å². The number of hydrogen-bond acceptors (Lipinski definition) is 5. The van der Waals surface area contributed by atoms with Gasteiger partial charge in [-0.1, -0.05) is 38.3 Å². The maximum absolute atomic E-state index is 13.4. The molecule has 0 spiro atoms. The molecule has 0 amide bonds. The van der Waals surface area contributed by atoms with Gasteiger partial charge < -0.3 is 9.47 Å². The summed E-state index contributed by atoms with van der Waals surface area (Å²) in [5.41, 5.74) is 1.33. The van der Waals surface area contributed by atoms with E-state index in [0.717, 1.165) is 58.0 Å². The quantitative estimate of drug-likeness (QED) is 0.277. The number of halogens is 2. The molecule has 1 fully saturated rings. The fourth-order valence-electron chi connectivity index (χ4n) is 4.24. The molecule has 2 aromatic carbocycles. The van der Waals surface area contributed by atoms with Crippen LogP contribution in [0.15, 0.2) is 49.2 Å². The molecule has 8 heteroatoms. The van der Waals surface area contributed by atoms with E-state index in [4.69, 9.17) is 14.5 Å². The van der Waals surface area contributed by atoms with Gasteiger partial charge in [0.25, 0.3) is 5.56 Å². The zero-order chi connectivity index (χ0) is 24.2. The van der Waals surface area contributed by atoms with Crippen LogP contribution in [0, 0.1) is 0 Å². The average Bonchev–Trinajstić information content (AvgIpc) is 2.87. The van der Waals surface area contributed by atoms with Crippen LogP contribution in [0.2, 0.25) is 0 Å². The number of fused-ring (bicyclic) bond motifs is 1. The minimum atomic E-state index is -0.152. The number of benzene rings is 2. The lowest BCUT2D eigenvalue weighted by Crippen LogP contribution is -2.25. The van der Waals surface area contributed by atoms with E-state index in [-0.39, 0.29) is 17.6 Å². The second kappa shape index (κ2) is 11.0. The SMILES string of the molecule is CC[C@H](C)Oc1c(OC)cc(C=Nn2c(C3CCCCC3)nc3ccccc3c2=O)c(Br)c1Br. The first-order valence-electron chi connectivity index (χ1n) is 11.7. The highest BCUT2D eigenvalue weighted by atomic mass is 79.9. The molecule has 34 heavy (non-hydrogen) atoms. The molecule has 1 aromatic heterocycles. The van der Waals surface area contributed by atoms with Gasteiger partial charge in [-0.2, -0.15) is 9.78 Å². The summed E-state index contributed by atoms with van der Waals surface area (Å²) in [5.74, 6) is 2.18. The molecular formula is C26H29Br2N3O3. The summed E-state index contributed by atoms with van der Waals surface area (Å²) in [6.07, 6.45) is 8.14. The molecule has 4 rings (SSSR count). The highest BCUT2D eigenvalue weighted by Gasteiger charge is 2.23. The Bertz CT molecular complexity index is 1270. The van der Waals surface area contributed by atoms with Gasteiger partial charge in [0, 0.05) is 16.0 Å². The van der Waals surface area contributed by atoms with Crippen LogP contribution in [0.25, 0.3) is 10.9 Å². The summed E-state index contributed by atoms with van der Waals surface area (Å²) < 4.78 is 14.7. The van der Waals surface area contributed by atoms with Crippen molar-refractivity contribution in [3.8, 4) is 11.5 Å². The Labute approximate surface area is 216 Å². The van der Waals surface area contributed by atoms with Gasteiger partial charge in [0.2, 0.25) is 0 Å². The van der Waals surface area contributed by atoms with Crippen LogP contribution >= 0.6 is 31.9 Å². The third kappa shape index (κ3) is 5.08. The van der Waals surface area contributed by atoms with Crippen LogP contribution in [0.3, 0.4) is 0 Å². The summed E-state index contributed by atoms with van der Waals surface area (Å²) in [5, 5.41) is 5.22. The molecule has 0 aliphatic heterocycles. The Morgan fingerprint density at radius 2 is 1.94 bits per heavy atom. The third-order valence-electron chi connectivity index (χ3n) is 6.33. The summed E-state index contributed by atoms with van der Waals surface area (Å²) in [6.45, 7) is 4.08. The number of aromatic nitrogens is 2. The van der Waals surface area contributed by atoms with E-state index in [1.54, 1.807) is 19.4 Å². The topological polar surface area (TPSA) is 65.7 Å². The second-order valence-corrected chi connectivity index (χ2v) is 10.2. The maximum atomic E-state index is 13.4. The summed E-state index contributed by atoms with van der Waals surface area (Å²) in [4.78, 5) is 18.3. The van der Waals surface area contributed by atoms with Gasteiger partial charge in [0.1, 0.15) is 5.82 Å². The Balaban J connectivity index is 1.81. The van der Waals surface area contributed by atoms with Crippen LogP contribution in [0.5, 0.6) is 11.5 Å². The first-order valence-corrected chi connectivity index (χ1v) is 13.3. The van der Waals surface area contributed by atoms with Crippen LogP contribution in [0.4, 0.5) is 0 Å². The predicted octanol–water partition coefficient (Wildman–Crippen LogP) is 7.04. The van der Waals surface area contributed by atoms with Gasteiger partial charge >= 0.3 is 0 Å². The molecule has 1 aliphatic carbocycles. The molecule has 0 unspecified atom stereocenters. The molecule has 1 saturated carbocycles. The minimum Gasteiger partial charge on any atom is -0.493 e. The van der Waals surface area contributed by atoms with Crippen molar-refractivity contribution in [1.29, 1.82) is 0 Å². The van der Waals surface area contributed by atoms with Gasteiger partial charge in [-0.3, -0.25) is 4.79 Å². The van der Waals surface area contributed by atoms with E-state index in [1.807, 2.05) is 31.2 Å². The zero-order valence-electron chi connectivity index (χ0n) is 19.7. The molecule has 1 heterocycles. The molecule has 180 valence electrons. The van der Waals surface area contributed by atoms with E-state index >= 15 is 0 Å². The smallest absolute Gasteiger partial charge is 0.282 e. The fraction of sp³-hybridized carbons (Fsp3) is 0.423. The van der Waals surface area contributed by atoms with Crippen molar-refractivity contribution >= 4 is 49.0 Å². The van der Waals surface area contributed by atoms with Gasteiger partial charge in [-0.15, -0.1) is 0 Å². The zero-order valence-corrected chi connectivity index (χ0v) is 22.9. The normalized spacial score (nSPS) is 15.7. The highest BCUT2D eigenvalue weighted by molar-refractivity contribution is 9.13. The Hall–Kier alpha value is -2.19. The minimum absolute atomic E-state index is 0.0388. The molecule has 0 saturated heterocycles. The van der Waals surface area contributed by atoms with Crippen LogP contribution in [0.1, 0.15) is 69.7 Å². The first kappa shape index (κ1) is 24.9. The van der Waals surface area contributed by atoms with Crippen LogP contribution < -0.4 is 15.0 Å². The molecule has 0 radical (unpaired) electrons. The largest absolute Gasteiger partial charge is 0.493 e. The van der Waals surface area contributed by atoms with Gasteiger partial charge in [-0.25, -0.2) is 4.98 Å². The van der Waals surface area contributed by atoms with Gasteiger partial charge in [0.05, 0.1) is 34.8 Å². The van der Waals surface area contributed by atoms with E-state index in [9.17, 15) is 4.79 Å². The number of ether oxygens (including phenoxy) is 2. The molecule has 0 bridgehead atoms. The van der Waals surface area contributed by atoms with Crippen LogP contribution in [-0.4, -0.2) is 29.1 Å². The van der Waals surface area contributed by atoms with Crippen molar-refractivity contribution < 1.29 is 9.47 Å². The standard InChI is InChI=1S/C26H29Br2N3O3/c1-4-16(2)34-24-21(33-3)14-18(22(27)23(24)28)15-29-31-25(17-10-6-5-7-11-17)30-20-13-9-8-12-19(20)26(31)32/h8-9,12-17H,4-7,10-11H2,1-3H3/t16-/m0/s1. The van der Waals surface area contributed by atoms with Crippen molar-refractivity contribution in [2.24, 2.45) is 5.10 Å². The molecule has 0 N–H and O–H groups in total. The molecule has 1 atom stereocenters. The van der Waals surface area contributed by atoms with Gasteiger partial charge in [-0.05, 0) is 76.2 Å². The van der Waals surface area contributed by atoms with E-state index < -0.39 is 0 Å². The highest BCUT2D eigenvalue weighted by Crippen LogP contribution is 2.43. The van der Waals surface area contributed by atoms with Crippen molar-refractivity contribution in [3.63, 3.8) is 0 Å². The number of para-hydroxylation sites is 1. The summed E-state index contributed by atoms with van der Waals surface area (Å²) in [6, 6.07) is 9.32. The lowest BCUT2D eigenvalue weighted by atomic mass is 9.88. The summed E-state index contributed by atoms with van der Waals surface area (Å²) in [7, 11) is 1.61. The lowest BCUT2D eigenvalue weighted by molar-refractivity contribution is 0.206. The molecular weight excluding hydrogens is 562 g/mol. The number of nitrogens with zero attached hydrogens (tertiary/aromatic N) is 3. The molecule has 1 aliphatic rings. The average molecular weight is 591 g/mol. The fourth-order valence-corrected chi connectivity index (χ4v) is 5.16. The monoisotopic (exact) mass is 589 g/mol. The first-order chi connectivity index (χ1) is 16.4. The number of rotatable bonds is 7. The van der Waals surface area contributed by atoms with Crippen molar-refractivity contribution in [3.05, 3.63) is 61.0 Å². The third-order valence-corrected chi connectivity index (χ3v) is 8.47. The Morgan fingerprint density at radius 1 is 1.21 bits per heavy atom. The molecule has 3 aromatic rings. The number of methoxy groups -OCH3 is 1. The summed E-state index contributed by atoms with van der Waals surface area (Å²) >= 11 is 7.29.